The van der Waals surface area contributed by atoms with E-state index in [1.54, 1.807) is 6.20 Å². The van der Waals surface area contributed by atoms with Crippen molar-refractivity contribution in [1.29, 1.82) is 0 Å². The second kappa shape index (κ2) is 8.28. The van der Waals surface area contributed by atoms with Crippen LogP contribution in [0.25, 0.3) is 0 Å². The second-order valence-corrected chi connectivity index (χ2v) is 7.99. The van der Waals surface area contributed by atoms with Gasteiger partial charge < -0.3 is 20.5 Å². The Bertz CT molecular complexity index is 656. The van der Waals surface area contributed by atoms with Crippen LogP contribution >= 0.6 is 0 Å². The summed E-state index contributed by atoms with van der Waals surface area (Å²) >= 11 is 0. The van der Waals surface area contributed by atoms with Crippen LogP contribution in [0, 0.1) is 5.92 Å². The average molecular weight is 357 g/mol. The fourth-order valence-corrected chi connectivity index (χ4v) is 3.94. The lowest BCUT2D eigenvalue weighted by Gasteiger charge is -2.34. The minimum atomic E-state index is -0.742. The zero-order valence-corrected chi connectivity index (χ0v) is 16.1. The predicted octanol–water partition coefficient (Wildman–Crippen LogP) is 3.43. The fraction of sp³-hybridized carbons (Fsp3) is 0.545. The molecule has 3 rings (SSSR count). The molecule has 1 atom stereocenters. The van der Waals surface area contributed by atoms with Crippen molar-refractivity contribution in [2.75, 3.05) is 26.2 Å². The summed E-state index contributed by atoms with van der Waals surface area (Å²) in [5.41, 5.74) is 8.44. The molecule has 2 aliphatic heterocycles. The third kappa shape index (κ3) is 4.49. The first-order chi connectivity index (χ1) is 12.5. The quantitative estimate of drug-likeness (QED) is 0.792. The normalized spacial score (nSPS) is 27.6. The minimum Gasteiger partial charge on any atom is -0.489 e. The number of aliphatic hydroxyl groups is 1. The number of nitrogens with two attached hydrogens (primary N) is 1. The van der Waals surface area contributed by atoms with Crippen LogP contribution in [-0.4, -0.2) is 41.8 Å². The highest BCUT2D eigenvalue weighted by molar-refractivity contribution is 5.54. The van der Waals surface area contributed by atoms with E-state index in [1.807, 2.05) is 32.1 Å². The molecule has 3 N–H and O–H groups in total. The first-order valence-corrected chi connectivity index (χ1v) is 9.76. The van der Waals surface area contributed by atoms with E-state index in [1.165, 1.54) is 37.1 Å². The molecular formula is C22H32N2O2. The van der Waals surface area contributed by atoms with E-state index in [-0.39, 0.29) is 5.92 Å². The molecule has 2 heterocycles. The van der Waals surface area contributed by atoms with E-state index < -0.39 is 5.60 Å². The number of allylic oxidation sites excluding steroid dienone is 4. The van der Waals surface area contributed by atoms with E-state index in [4.69, 9.17) is 10.5 Å². The van der Waals surface area contributed by atoms with Crippen LogP contribution in [0.4, 0.5) is 0 Å². The van der Waals surface area contributed by atoms with Gasteiger partial charge in [-0.1, -0.05) is 18.2 Å². The minimum absolute atomic E-state index is 0.0937. The summed E-state index contributed by atoms with van der Waals surface area (Å²) in [5, 5.41) is 10.5. The van der Waals surface area contributed by atoms with Gasteiger partial charge in [-0.3, -0.25) is 0 Å². The van der Waals surface area contributed by atoms with Crippen LogP contribution in [0.2, 0.25) is 0 Å². The molecule has 4 nitrogen and oxygen atoms in total. The maximum Gasteiger partial charge on any atom is 0.123 e. The molecule has 4 heteroatoms. The van der Waals surface area contributed by atoms with Gasteiger partial charge in [0.15, 0.2) is 0 Å². The van der Waals surface area contributed by atoms with Crippen LogP contribution in [0.1, 0.15) is 39.5 Å². The zero-order chi connectivity index (χ0) is 18.6. The number of hydrogen-bond acceptors (Lipinski definition) is 4. The highest BCUT2D eigenvalue weighted by Crippen LogP contribution is 2.40. The summed E-state index contributed by atoms with van der Waals surface area (Å²) in [6.07, 6.45) is 16.4. The molecular weight excluding hydrogens is 324 g/mol. The van der Waals surface area contributed by atoms with E-state index in [0.29, 0.717) is 6.61 Å². The van der Waals surface area contributed by atoms with E-state index >= 15 is 0 Å². The van der Waals surface area contributed by atoms with Crippen LogP contribution in [0.3, 0.4) is 0 Å². The molecule has 0 bridgehead atoms. The van der Waals surface area contributed by atoms with Gasteiger partial charge in [0, 0.05) is 18.0 Å². The van der Waals surface area contributed by atoms with Crippen molar-refractivity contribution in [3.05, 3.63) is 59.1 Å². The molecule has 1 saturated heterocycles. The lowest BCUT2D eigenvalue weighted by molar-refractivity contribution is 0.0354. The Morgan fingerprint density at radius 2 is 2.12 bits per heavy atom. The third-order valence-corrected chi connectivity index (χ3v) is 5.56. The van der Waals surface area contributed by atoms with Crippen molar-refractivity contribution >= 4 is 0 Å². The molecule has 3 aliphatic rings. The Hall–Kier alpha value is -1.78. The summed E-state index contributed by atoms with van der Waals surface area (Å²) in [7, 11) is 0. The summed E-state index contributed by atoms with van der Waals surface area (Å²) in [5.74, 6) is 1.04. The molecule has 1 aliphatic carbocycles. The molecule has 0 aromatic heterocycles. The van der Waals surface area contributed by atoms with Gasteiger partial charge >= 0.3 is 0 Å². The first-order valence-electron chi connectivity index (χ1n) is 9.76. The molecule has 26 heavy (non-hydrogen) atoms. The number of ether oxygens (including phenoxy) is 1. The molecule has 0 spiro atoms. The van der Waals surface area contributed by atoms with Gasteiger partial charge in [0.2, 0.25) is 0 Å². The van der Waals surface area contributed by atoms with Crippen LogP contribution < -0.4 is 5.73 Å². The number of hydrogen-bond donors (Lipinski definition) is 2. The first kappa shape index (κ1) is 19.0. The molecule has 1 fully saturated rings. The van der Waals surface area contributed by atoms with Crippen LogP contribution in [-0.2, 0) is 4.74 Å². The van der Waals surface area contributed by atoms with Crippen LogP contribution in [0.5, 0.6) is 0 Å². The largest absolute Gasteiger partial charge is 0.489 e. The lowest BCUT2D eigenvalue weighted by atomic mass is 9.78. The Morgan fingerprint density at radius 3 is 2.81 bits per heavy atom. The van der Waals surface area contributed by atoms with Crippen molar-refractivity contribution in [1.82, 2.24) is 4.90 Å². The lowest BCUT2D eigenvalue weighted by Crippen LogP contribution is -2.32. The molecule has 0 radical (unpaired) electrons. The molecule has 1 unspecified atom stereocenters. The fourth-order valence-electron chi connectivity index (χ4n) is 3.94. The summed E-state index contributed by atoms with van der Waals surface area (Å²) < 4.78 is 5.98. The van der Waals surface area contributed by atoms with Gasteiger partial charge in [0.05, 0.1) is 5.60 Å². The van der Waals surface area contributed by atoms with Gasteiger partial charge in [0.25, 0.3) is 0 Å². The van der Waals surface area contributed by atoms with Gasteiger partial charge in [-0.05, 0) is 82.1 Å². The Balaban J connectivity index is 1.84. The average Bonchev–Trinajstić information content (AvgIpc) is 3.13. The predicted molar refractivity (Wildman–Crippen MR) is 106 cm³/mol. The van der Waals surface area contributed by atoms with E-state index in [0.717, 1.165) is 30.7 Å². The van der Waals surface area contributed by atoms with Crippen molar-refractivity contribution in [3.63, 3.8) is 0 Å². The SMILES string of the molecule is CC(C)(O)C1C=CC2=C(C1)C(=C/CCN1CCCC1)/C(=C/C=C\N)CO2. The van der Waals surface area contributed by atoms with Crippen molar-refractivity contribution in [2.45, 2.75) is 45.1 Å². The van der Waals surface area contributed by atoms with E-state index in [2.05, 4.69) is 17.1 Å². The third-order valence-electron chi connectivity index (χ3n) is 5.56. The number of nitrogens with zero attached hydrogens (tertiary/aromatic N) is 1. The Kier molecular flexibility index (Phi) is 6.05. The van der Waals surface area contributed by atoms with Crippen LogP contribution in [0.15, 0.2) is 59.1 Å². The van der Waals surface area contributed by atoms with Gasteiger partial charge in [-0.2, -0.15) is 0 Å². The van der Waals surface area contributed by atoms with Gasteiger partial charge in [-0.15, -0.1) is 0 Å². The molecule has 0 amide bonds. The van der Waals surface area contributed by atoms with Crippen molar-refractivity contribution in [3.8, 4) is 0 Å². The van der Waals surface area contributed by atoms with Gasteiger partial charge in [0.1, 0.15) is 12.4 Å². The summed E-state index contributed by atoms with van der Waals surface area (Å²) in [6, 6.07) is 0. The standard InChI is InChI=1S/C22H32N2O2/c1-22(2,25)18-9-10-21-20(15-18)19(17(16-26-21)7-5-11-23)8-6-14-24-12-3-4-13-24/h5,7-11,18,25H,3-4,6,12-16,23H2,1-2H3/b11-5-,17-7+,19-8+. The summed E-state index contributed by atoms with van der Waals surface area (Å²) in [4.78, 5) is 2.54. The molecule has 0 saturated carbocycles. The van der Waals surface area contributed by atoms with Crippen molar-refractivity contribution < 1.29 is 9.84 Å². The highest BCUT2D eigenvalue weighted by Gasteiger charge is 2.32. The van der Waals surface area contributed by atoms with Gasteiger partial charge in [-0.25, -0.2) is 0 Å². The maximum absolute atomic E-state index is 10.5. The highest BCUT2D eigenvalue weighted by atomic mass is 16.5. The topological polar surface area (TPSA) is 58.7 Å². The monoisotopic (exact) mass is 356 g/mol. The number of likely N-dealkylation sites (tertiary alicyclic amines) is 1. The second-order valence-electron chi connectivity index (χ2n) is 7.99. The molecule has 0 aromatic carbocycles. The molecule has 142 valence electrons. The Morgan fingerprint density at radius 1 is 1.35 bits per heavy atom. The zero-order valence-electron chi connectivity index (χ0n) is 16.1. The number of rotatable bonds is 5. The van der Waals surface area contributed by atoms with E-state index in [9.17, 15) is 5.11 Å². The smallest absolute Gasteiger partial charge is 0.123 e. The summed E-state index contributed by atoms with van der Waals surface area (Å²) in [6.45, 7) is 7.88. The molecule has 0 aromatic rings. The van der Waals surface area contributed by atoms with Crippen molar-refractivity contribution in [2.24, 2.45) is 11.7 Å². The Labute approximate surface area is 157 Å². The maximum atomic E-state index is 10.5.